The van der Waals surface area contributed by atoms with Gasteiger partial charge in [-0.25, -0.2) is 4.98 Å². The van der Waals surface area contributed by atoms with E-state index in [1.54, 1.807) is 0 Å². The van der Waals surface area contributed by atoms with Gasteiger partial charge in [0.1, 0.15) is 5.82 Å². The van der Waals surface area contributed by atoms with Crippen molar-refractivity contribution in [2.75, 3.05) is 6.54 Å². The van der Waals surface area contributed by atoms with Crippen LogP contribution in [0.25, 0.3) is 11.3 Å². The third-order valence-corrected chi connectivity index (χ3v) is 3.69. The molecular formula is C13H15BrClN3. The van der Waals surface area contributed by atoms with Crippen molar-refractivity contribution in [2.45, 2.75) is 19.3 Å². The van der Waals surface area contributed by atoms with Crippen molar-refractivity contribution in [1.82, 2.24) is 9.97 Å². The van der Waals surface area contributed by atoms with Gasteiger partial charge >= 0.3 is 0 Å². The number of rotatable bonds is 4. The number of hydrogen-bond acceptors (Lipinski definition) is 2. The Bertz CT molecular complexity index is 539. The van der Waals surface area contributed by atoms with Crippen molar-refractivity contribution in [3.63, 3.8) is 0 Å². The largest absolute Gasteiger partial charge is 0.342 e. The van der Waals surface area contributed by atoms with E-state index in [4.69, 9.17) is 17.3 Å². The summed E-state index contributed by atoms with van der Waals surface area (Å²) >= 11 is 9.61. The minimum Gasteiger partial charge on any atom is -0.342 e. The summed E-state index contributed by atoms with van der Waals surface area (Å²) in [5.41, 5.74) is 7.45. The highest BCUT2D eigenvalue weighted by atomic mass is 79.9. The van der Waals surface area contributed by atoms with Crippen LogP contribution in [0.5, 0.6) is 0 Å². The van der Waals surface area contributed by atoms with Gasteiger partial charge in [-0.2, -0.15) is 0 Å². The van der Waals surface area contributed by atoms with E-state index < -0.39 is 0 Å². The molecule has 1 aromatic carbocycles. The first-order valence-corrected chi connectivity index (χ1v) is 6.99. The number of imidazole rings is 1. The topological polar surface area (TPSA) is 54.7 Å². The van der Waals surface area contributed by atoms with Gasteiger partial charge in [0, 0.05) is 16.0 Å². The number of aromatic nitrogens is 2. The lowest BCUT2D eigenvalue weighted by atomic mass is 10.1. The number of nitrogens with two attached hydrogens (primary N) is 1. The normalized spacial score (nSPS) is 12.7. The van der Waals surface area contributed by atoms with Crippen molar-refractivity contribution in [1.29, 1.82) is 0 Å². The second-order valence-corrected chi connectivity index (χ2v) is 5.61. The van der Waals surface area contributed by atoms with Crippen molar-refractivity contribution >= 4 is 27.5 Å². The molecule has 18 heavy (non-hydrogen) atoms. The SMILES string of the molecule is CC(CCN)c1ncc(-c2ccc(Br)cc2Cl)[nH]1. The lowest BCUT2D eigenvalue weighted by Gasteiger charge is -2.06. The third kappa shape index (κ3) is 2.94. The summed E-state index contributed by atoms with van der Waals surface area (Å²) in [4.78, 5) is 7.70. The molecule has 5 heteroatoms. The van der Waals surface area contributed by atoms with Crippen LogP contribution in [0, 0.1) is 0 Å². The maximum Gasteiger partial charge on any atom is 0.109 e. The van der Waals surface area contributed by atoms with Gasteiger partial charge in [-0.3, -0.25) is 0 Å². The van der Waals surface area contributed by atoms with E-state index in [1.807, 2.05) is 24.4 Å². The third-order valence-electron chi connectivity index (χ3n) is 2.88. The molecule has 0 saturated heterocycles. The van der Waals surface area contributed by atoms with Gasteiger partial charge in [-0.15, -0.1) is 0 Å². The maximum atomic E-state index is 6.22. The molecule has 0 aliphatic heterocycles. The zero-order chi connectivity index (χ0) is 13.1. The maximum absolute atomic E-state index is 6.22. The van der Waals surface area contributed by atoms with E-state index in [0.29, 0.717) is 17.5 Å². The molecule has 1 unspecified atom stereocenters. The highest BCUT2D eigenvalue weighted by Crippen LogP contribution is 2.30. The Hall–Kier alpha value is -0.840. The Morgan fingerprint density at radius 1 is 1.50 bits per heavy atom. The zero-order valence-corrected chi connectivity index (χ0v) is 12.4. The van der Waals surface area contributed by atoms with E-state index in [2.05, 4.69) is 32.8 Å². The Kier molecular flexibility index (Phi) is 4.43. The molecule has 1 aromatic heterocycles. The lowest BCUT2D eigenvalue weighted by Crippen LogP contribution is -2.05. The zero-order valence-electron chi connectivity index (χ0n) is 10.1. The first kappa shape index (κ1) is 13.6. The van der Waals surface area contributed by atoms with Gasteiger partial charge in [0.2, 0.25) is 0 Å². The average molecular weight is 329 g/mol. The Morgan fingerprint density at radius 2 is 2.28 bits per heavy atom. The number of H-pyrrole nitrogens is 1. The van der Waals surface area contributed by atoms with Gasteiger partial charge in [0.05, 0.1) is 16.9 Å². The van der Waals surface area contributed by atoms with Crippen molar-refractivity contribution < 1.29 is 0 Å². The molecule has 3 N–H and O–H groups in total. The lowest BCUT2D eigenvalue weighted by molar-refractivity contribution is 0.655. The predicted octanol–water partition coefficient (Wildman–Crippen LogP) is 3.94. The van der Waals surface area contributed by atoms with Crippen LogP contribution in [0.15, 0.2) is 28.9 Å². The molecule has 2 rings (SSSR count). The van der Waals surface area contributed by atoms with Gasteiger partial charge in [0.15, 0.2) is 0 Å². The Morgan fingerprint density at radius 3 is 2.94 bits per heavy atom. The van der Waals surface area contributed by atoms with Crippen LogP contribution in [0.2, 0.25) is 5.02 Å². The predicted molar refractivity (Wildman–Crippen MR) is 78.8 cm³/mol. The van der Waals surface area contributed by atoms with E-state index in [1.165, 1.54) is 0 Å². The minimum absolute atomic E-state index is 0.331. The first-order chi connectivity index (χ1) is 8.61. The average Bonchev–Trinajstić information content (AvgIpc) is 2.78. The summed E-state index contributed by atoms with van der Waals surface area (Å²) < 4.78 is 0.965. The van der Waals surface area contributed by atoms with Crippen molar-refractivity contribution in [3.05, 3.63) is 39.7 Å². The molecule has 0 fully saturated rings. The summed E-state index contributed by atoms with van der Waals surface area (Å²) in [6, 6.07) is 5.81. The van der Waals surface area contributed by atoms with Crippen molar-refractivity contribution in [3.8, 4) is 11.3 Å². The number of benzene rings is 1. The highest BCUT2D eigenvalue weighted by molar-refractivity contribution is 9.10. The van der Waals surface area contributed by atoms with Crippen LogP contribution < -0.4 is 5.73 Å². The molecule has 1 heterocycles. The summed E-state index contributed by atoms with van der Waals surface area (Å²) in [7, 11) is 0. The van der Waals surface area contributed by atoms with E-state index in [9.17, 15) is 0 Å². The summed E-state index contributed by atoms with van der Waals surface area (Å²) in [5, 5.41) is 0.700. The summed E-state index contributed by atoms with van der Waals surface area (Å²) in [6.45, 7) is 2.77. The number of aromatic amines is 1. The summed E-state index contributed by atoms with van der Waals surface area (Å²) in [5.74, 6) is 1.28. The molecule has 0 amide bonds. The quantitative estimate of drug-likeness (QED) is 0.893. The standard InChI is InChI=1S/C13H15BrClN3/c1-8(4-5-16)13-17-7-12(18-13)10-3-2-9(14)6-11(10)15/h2-3,6-8H,4-5,16H2,1H3,(H,17,18). The Balaban J connectivity index is 2.29. The molecule has 3 nitrogen and oxygen atoms in total. The van der Waals surface area contributed by atoms with Crippen LogP contribution in [-0.2, 0) is 0 Å². The van der Waals surface area contributed by atoms with Gasteiger partial charge < -0.3 is 10.7 Å². The van der Waals surface area contributed by atoms with Crippen molar-refractivity contribution in [2.24, 2.45) is 5.73 Å². The number of nitrogens with zero attached hydrogens (tertiary/aromatic N) is 1. The molecule has 0 bridgehead atoms. The second-order valence-electron chi connectivity index (χ2n) is 4.28. The molecule has 0 aliphatic rings. The van der Waals surface area contributed by atoms with Crippen LogP contribution in [0.1, 0.15) is 25.1 Å². The number of nitrogens with one attached hydrogen (secondary N) is 1. The fourth-order valence-electron chi connectivity index (χ4n) is 1.82. The van der Waals surface area contributed by atoms with Crippen LogP contribution in [0.4, 0.5) is 0 Å². The fourth-order valence-corrected chi connectivity index (χ4v) is 2.59. The molecule has 0 spiro atoms. The molecular weight excluding hydrogens is 314 g/mol. The minimum atomic E-state index is 0.331. The Labute approximate surface area is 120 Å². The van der Waals surface area contributed by atoms with Crippen LogP contribution in [-0.4, -0.2) is 16.5 Å². The number of hydrogen-bond donors (Lipinski definition) is 2. The van der Waals surface area contributed by atoms with Gasteiger partial charge in [-0.1, -0.05) is 40.5 Å². The smallest absolute Gasteiger partial charge is 0.109 e. The molecule has 96 valence electrons. The van der Waals surface area contributed by atoms with Crippen LogP contribution >= 0.6 is 27.5 Å². The first-order valence-electron chi connectivity index (χ1n) is 5.82. The molecule has 0 radical (unpaired) electrons. The highest BCUT2D eigenvalue weighted by Gasteiger charge is 2.11. The van der Waals surface area contributed by atoms with Gasteiger partial charge in [0.25, 0.3) is 0 Å². The molecule has 2 aromatic rings. The summed E-state index contributed by atoms with van der Waals surface area (Å²) in [6.07, 6.45) is 2.73. The molecule has 1 atom stereocenters. The van der Waals surface area contributed by atoms with E-state index in [0.717, 1.165) is 28.0 Å². The second kappa shape index (κ2) is 5.87. The number of halogens is 2. The molecule has 0 saturated carbocycles. The van der Waals surface area contributed by atoms with Crippen LogP contribution in [0.3, 0.4) is 0 Å². The molecule has 0 aliphatic carbocycles. The van der Waals surface area contributed by atoms with E-state index >= 15 is 0 Å². The monoisotopic (exact) mass is 327 g/mol. The van der Waals surface area contributed by atoms with E-state index in [-0.39, 0.29) is 0 Å². The van der Waals surface area contributed by atoms with Gasteiger partial charge in [-0.05, 0) is 25.1 Å². The fraction of sp³-hybridized carbons (Fsp3) is 0.308.